The molecule has 0 spiro atoms. The molecule has 0 aromatic heterocycles. The SMILES string of the molecule is Cc1ccc(N(CC(=O)NCc2ccc(CN3CCCC3)cc2)S(C)(=O)=O)cc1Cl. The molecule has 2 aromatic rings. The van der Waals surface area contributed by atoms with Crippen LogP contribution in [0.2, 0.25) is 5.02 Å². The smallest absolute Gasteiger partial charge is 0.241 e. The maximum atomic E-state index is 12.4. The summed E-state index contributed by atoms with van der Waals surface area (Å²) in [5.41, 5.74) is 3.44. The molecule has 1 aliphatic rings. The second kappa shape index (κ2) is 9.81. The Morgan fingerprint density at radius 3 is 2.33 bits per heavy atom. The number of sulfonamides is 1. The third-order valence-corrected chi connectivity index (χ3v) is 6.80. The summed E-state index contributed by atoms with van der Waals surface area (Å²) in [6, 6.07) is 13.1. The van der Waals surface area contributed by atoms with E-state index in [2.05, 4.69) is 22.3 Å². The van der Waals surface area contributed by atoms with Gasteiger partial charge in [-0.2, -0.15) is 0 Å². The van der Waals surface area contributed by atoms with Crippen molar-refractivity contribution in [2.24, 2.45) is 0 Å². The van der Waals surface area contributed by atoms with Gasteiger partial charge in [0.15, 0.2) is 0 Å². The first-order chi connectivity index (χ1) is 14.2. The van der Waals surface area contributed by atoms with Crippen molar-refractivity contribution in [1.82, 2.24) is 10.2 Å². The lowest BCUT2D eigenvalue weighted by Gasteiger charge is -2.22. The van der Waals surface area contributed by atoms with Crippen LogP contribution in [0.4, 0.5) is 5.69 Å². The van der Waals surface area contributed by atoms with Gasteiger partial charge in [0.1, 0.15) is 6.54 Å². The monoisotopic (exact) mass is 449 g/mol. The number of hydrogen-bond acceptors (Lipinski definition) is 4. The van der Waals surface area contributed by atoms with Crippen LogP contribution in [-0.2, 0) is 27.9 Å². The molecule has 162 valence electrons. The van der Waals surface area contributed by atoms with Gasteiger partial charge >= 0.3 is 0 Å². The molecule has 1 amide bonds. The minimum absolute atomic E-state index is 0.300. The Hall–Kier alpha value is -2.09. The number of anilines is 1. The van der Waals surface area contributed by atoms with E-state index in [-0.39, 0.29) is 12.5 Å². The van der Waals surface area contributed by atoms with Gasteiger partial charge in [0, 0.05) is 18.1 Å². The molecule has 1 aliphatic heterocycles. The highest BCUT2D eigenvalue weighted by atomic mass is 35.5. The summed E-state index contributed by atoms with van der Waals surface area (Å²) >= 11 is 6.13. The number of aryl methyl sites for hydroxylation is 1. The van der Waals surface area contributed by atoms with Crippen molar-refractivity contribution in [3.8, 4) is 0 Å². The molecular formula is C22H28ClN3O3S. The van der Waals surface area contributed by atoms with E-state index in [1.165, 1.54) is 18.4 Å². The molecule has 0 bridgehead atoms. The van der Waals surface area contributed by atoms with Gasteiger partial charge in [-0.3, -0.25) is 14.0 Å². The van der Waals surface area contributed by atoms with E-state index in [4.69, 9.17) is 11.6 Å². The summed E-state index contributed by atoms with van der Waals surface area (Å²) in [6.07, 6.45) is 3.61. The van der Waals surface area contributed by atoms with Crippen LogP contribution >= 0.6 is 11.6 Å². The maximum absolute atomic E-state index is 12.4. The highest BCUT2D eigenvalue weighted by molar-refractivity contribution is 7.92. The number of halogens is 1. The van der Waals surface area contributed by atoms with Crippen LogP contribution in [0.1, 0.15) is 29.5 Å². The minimum atomic E-state index is -3.63. The molecule has 0 atom stereocenters. The lowest BCUT2D eigenvalue weighted by Crippen LogP contribution is -2.40. The molecule has 1 N–H and O–H groups in total. The van der Waals surface area contributed by atoms with Crippen LogP contribution in [0.15, 0.2) is 42.5 Å². The van der Waals surface area contributed by atoms with Crippen LogP contribution in [0, 0.1) is 6.92 Å². The van der Waals surface area contributed by atoms with Crippen molar-refractivity contribution < 1.29 is 13.2 Å². The van der Waals surface area contributed by atoms with Crippen LogP contribution in [0.3, 0.4) is 0 Å². The number of nitrogens with one attached hydrogen (secondary N) is 1. The molecule has 0 radical (unpaired) electrons. The first-order valence-electron chi connectivity index (χ1n) is 10.0. The first kappa shape index (κ1) is 22.6. The Morgan fingerprint density at radius 2 is 1.73 bits per heavy atom. The average Bonchev–Trinajstić information content (AvgIpc) is 3.20. The lowest BCUT2D eigenvalue weighted by atomic mass is 10.1. The number of carbonyl (C=O) groups excluding carboxylic acids is 1. The summed E-state index contributed by atoms with van der Waals surface area (Å²) < 4.78 is 25.5. The van der Waals surface area contributed by atoms with Crippen LogP contribution in [-0.4, -0.2) is 45.1 Å². The number of benzene rings is 2. The van der Waals surface area contributed by atoms with Gasteiger partial charge in [0.05, 0.1) is 11.9 Å². The van der Waals surface area contributed by atoms with Gasteiger partial charge in [-0.05, 0) is 61.7 Å². The molecule has 8 heteroatoms. The zero-order valence-corrected chi connectivity index (χ0v) is 19.0. The fraction of sp³-hybridized carbons (Fsp3) is 0.409. The van der Waals surface area contributed by atoms with Crippen molar-refractivity contribution in [2.75, 3.05) is 30.2 Å². The van der Waals surface area contributed by atoms with E-state index in [1.54, 1.807) is 18.2 Å². The normalized spacial score (nSPS) is 14.6. The highest BCUT2D eigenvalue weighted by Gasteiger charge is 2.21. The fourth-order valence-electron chi connectivity index (χ4n) is 3.49. The first-order valence-corrected chi connectivity index (χ1v) is 12.3. The summed E-state index contributed by atoms with van der Waals surface area (Å²) in [7, 11) is -3.63. The lowest BCUT2D eigenvalue weighted by molar-refractivity contribution is -0.119. The van der Waals surface area contributed by atoms with Crippen LogP contribution < -0.4 is 9.62 Å². The number of nitrogens with zero attached hydrogens (tertiary/aromatic N) is 2. The van der Waals surface area contributed by atoms with Gasteiger partial charge in [-0.25, -0.2) is 8.42 Å². The Bertz CT molecular complexity index is 987. The standard InChI is InChI=1S/C22H28ClN3O3S/c1-17-5-10-20(13-21(17)23)26(30(2,28)29)16-22(27)24-14-18-6-8-19(9-7-18)15-25-11-3-4-12-25/h5-10,13H,3-4,11-12,14-16H2,1-2H3,(H,24,27). The second-order valence-corrected chi connectivity index (χ2v) is 10.1. The number of carbonyl (C=O) groups is 1. The summed E-state index contributed by atoms with van der Waals surface area (Å²) in [4.78, 5) is 14.9. The van der Waals surface area contributed by atoms with Crippen molar-refractivity contribution in [3.05, 3.63) is 64.2 Å². The predicted molar refractivity (Wildman–Crippen MR) is 121 cm³/mol. The molecule has 1 saturated heterocycles. The molecule has 2 aromatic carbocycles. The summed E-state index contributed by atoms with van der Waals surface area (Å²) in [5.74, 6) is -0.377. The maximum Gasteiger partial charge on any atom is 0.241 e. The zero-order chi connectivity index (χ0) is 21.7. The van der Waals surface area contributed by atoms with E-state index in [0.29, 0.717) is 17.3 Å². The highest BCUT2D eigenvalue weighted by Crippen LogP contribution is 2.24. The molecule has 1 heterocycles. The fourth-order valence-corrected chi connectivity index (χ4v) is 4.51. The Balaban J connectivity index is 1.58. The van der Waals surface area contributed by atoms with Crippen molar-refractivity contribution in [2.45, 2.75) is 32.9 Å². The molecule has 3 rings (SSSR count). The van der Waals surface area contributed by atoms with Crippen molar-refractivity contribution >= 4 is 33.2 Å². The molecule has 1 fully saturated rings. The summed E-state index contributed by atoms with van der Waals surface area (Å²) in [5, 5.41) is 3.26. The van der Waals surface area contributed by atoms with E-state index >= 15 is 0 Å². The van der Waals surface area contributed by atoms with E-state index in [0.717, 1.165) is 41.3 Å². The van der Waals surface area contributed by atoms with E-state index in [1.807, 2.05) is 19.1 Å². The third kappa shape index (κ3) is 6.20. The van der Waals surface area contributed by atoms with Gasteiger partial charge < -0.3 is 5.32 Å². The topological polar surface area (TPSA) is 69.7 Å². The van der Waals surface area contributed by atoms with Crippen molar-refractivity contribution in [3.63, 3.8) is 0 Å². The average molecular weight is 450 g/mol. The van der Waals surface area contributed by atoms with Crippen LogP contribution in [0.5, 0.6) is 0 Å². The molecular weight excluding hydrogens is 422 g/mol. The molecule has 0 aliphatic carbocycles. The minimum Gasteiger partial charge on any atom is -0.350 e. The third-order valence-electron chi connectivity index (χ3n) is 5.25. The number of rotatable bonds is 8. The quantitative estimate of drug-likeness (QED) is 0.671. The zero-order valence-electron chi connectivity index (χ0n) is 17.4. The molecule has 30 heavy (non-hydrogen) atoms. The van der Waals surface area contributed by atoms with Gasteiger partial charge in [-0.1, -0.05) is 41.9 Å². The van der Waals surface area contributed by atoms with E-state index in [9.17, 15) is 13.2 Å². The van der Waals surface area contributed by atoms with Crippen LogP contribution in [0.25, 0.3) is 0 Å². The number of hydrogen-bond donors (Lipinski definition) is 1. The van der Waals surface area contributed by atoms with Gasteiger partial charge in [0.2, 0.25) is 15.9 Å². The molecule has 0 saturated carbocycles. The molecule has 6 nitrogen and oxygen atoms in total. The number of likely N-dealkylation sites (tertiary alicyclic amines) is 1. The largest absolute Gasteiger partial charge is 0.350 e. The predicted octanol–water partition coefficient (Wildman–Crippen LogP) is 3.33. The Labute approximate surface area is 183 Å². The van der Waals surface area contributed by atoms with Gasteiger partial charge in [0.25, 0.3) is 0 Å². The van der Waals surface area contributed by atoms with Crippen molar-refractivity contribution in [1.29, 1.82) is 0 Å². The Kier molecular flexibility index (Phi) is 7.39. The molecule has 0 unspecified atom stereocenters. The second-order valence-electron chi connectivity index (χ2n) is 7.78. The number of amides is 1. The summed E-state index contributed by atoms with van der Waals surface area (Å²) in [6.45, 7) is 5.14. The van der Waals surface area contributed by atoms with Gasteiger partial charge in [-0.15, -0.1) is 0 Å². The Morgan fingerprint density at radius 1 is 1.10 bits per heavy atom. The van der Waals surface area contributed by atoms with E-state index < -0.39 is 10.0 Å².